The lowest BCUT2D eigenvalue weighted by Gasteiger charge is -2.27. The van der Waals surface area contributed by atoms with Gasteiger partial charge in [-0.2, -0.15) is 0 Å². The Kier molecular flexibility index (Phi) is 4.50. The third-order valence-electron chi connectivity index (χ3n) is 4.75. The van der Waals surface area contributed by atoms with E-state index in [-0.39, 0.29) is 17.9 Å². The van der Waals surface area contributed by atoms with Gasteiger partial charge >= 0.3 is 0 Å². The van der Waals surface area contributed by atoms with E-state index in [0.717, 1.165) is 23.1 Å². The fourth-order valence-corrected chi connectivity index (χ4v) is 4.12. The number of hydrogen-bond acceptors (Lipinski definition) is 3. The summed E-state index contributed by atoms with van der Waals surface area (Å²) in [6, 6.07) is 7.73. The van der Waals surface area contributed by atoms with Crippen LogP contribution < -0.4 is 15.8 Å². The summed E-state index contributed by atoms with van der Waals surface area (Å²) in [6.45, 7) is 0.990. The van der Waals surface area contributed by atoms with Crippen molar-refractivity contribution < 1.29 is 9.53 Å². The summed E-state index contributed by atoms with van der Waals surface area (Å²) in [4.78, 5) is 12.3. The van der Waals surface area contributed by atoms with Gasteiger partial charge in [-0.25, -0.2) is 0 Å². The Morgan fingerprint density at radius 3 is 2.90 bits per heavy atom. The average Bonchev–Trinajstić information content (AvgIpc) is 3.04. The van der Waals surface area contributed by atoms with E-state index in [4.69, 9.17) is 10.5 Å². The monoisotopic (exact) mass is 352 g/mol. The van der Waals surface area contributed by atoms with Gasteiger partial charge in [0, 0.05) is 10.5 Å². The summed E-state index contributed by atoms with van der Waals surface area (Å²) in [5, 5.41) is 2.97. The first-order valence-corrected chi connectivity index (χ1v) is 8.36. The Hall–Kier alpha value is -1.07. The van der Waals surface area contributed by atoms with Crippen LogP contribution in [0.4, 0.5) is 0 Å². The molecule has 0 saturated heterocycles. The molecule has 3 rings (SSSR count). The quantitative estimate of drug-likeness (QED) is 0.799. The second-order valence-electron chi connectivity index (χ2n) is 6.03. The second-order valence-corrected chi connectivity index (χ2v) is 6.95. The molecule has 0 heterocycles. The van der Waals surface area contributed by atoms with E-state index in [0.29, 0.717) is 25.0 Å². The van der Waals surface area contributed by atoms with Crippen LogP contribution in [0.15, 0.2) is 28.7 Å². The van der Waals surface area contributed by atoms with Gasteiger partial charge in [-0.15, -0.1) is 0 Å². The summed E-state index contributed by atoms with van der Waals surface area (Å²) in [5.41, 5.74) is 6.18. The highest BCUT2D eigenvalue weighted by molar-refractivity contribution is 9.10. The van der Waals surface area contributed by atoms with E-state index in [1.54, 1.807) is 0 Å². The van der Waals surface area contributed by atoms with Crippen molar-refractivity contribution >= 4 is 21.8 Å². The standard InChI is InChI=1S/C16H21BrN2O2/c17-12-2-1-3-13(9-12)21-7-6-19-16(20)14-10-4-5-11(8-10)15(14)18/h1-3,9-11,14-15H,4-8,18H2,(H,19,20). The fourth-order valence-electron chi connectivity index (χ4n) is 3.74. The summed E-state index contributed by atoms with van der Waals surface area (Å²) in [6.07, 6.45) is 3.49. The molecule has 2 bridgehead atoms. The van der Waals surface area contributed by atoms with Crippen LogP contribution in [0.2, 0.25) is 0 Å². The van der Waals surface area contributed by atoms with Crippen molar-refractivity contribution in [3.8, 4) is 5.75 Å². The average molecular weight is 353 g/mol. The van der Waals surface area contributed by atoms with Gasteiger partial charge in [0.05, 0.1) is 12.5 Å². The predicted molar refractivity (Wildman–Crippen MR) is 84.9 cm³/mol. The number of benzene rings is 1. The molecule has 4 unspecified atom stereocenters. The number of nitrogens with two attached hydrogens (primary N) is 1. The van der Waals surface area contributed by atoms with Crippen molar-refractivity contribution in [3.63, 3.8) is 0 Å². The normalized spacial score (nSPS) is 30.4. The zero-order valence-electron chi connectivity index (χ0n) is 11.9. The highest BCUT2D eigenvalue weighted by atomic mass is 79.9. The minimum absolute atomic E-state index is 0.00891. The summed E-state index contributed by atoms with van der Waals surface area (Å²) in [7, 11) is 0. The first-order valence-electron chi connectivity index (χ1n) is 7.57. The molecule has 0 aromatic heterocycles. The van der Waals surface area contributed by atoms with Crippen LogP contribution in [-0.2, 0) is 4.79 Å². The van der Waals surface area contributed by atoms with Crippen molar-refractivity contribution in [1.82, 2.24) is 5.32 Å². The molecule has 5 heteroatoms. The number of amides is 1. The maximum absolute atomic E-state index is 12.3. The van der Waals surface area contributed by atoms with E-state index >= 15 is 0 Å². The molecule has 21 heavy (non-hydrogen) atoms. The lowest BCUT2D eigenvalue weighted by Crippen LogP contribution is -2.46. The minimum atomic E-state index is 0.00891. The number of fused-ring (bicyclic) bond motifs is 2. The van der Waals surface area contributed by atoms with E-state index in [9.17, 15) is 4.79 Å². The smallest absolute Gasteiger partial charge is 0.225 e. The summed E-state index contributed by atoms with van der Waals surface area (Å²) in [5.74, 6) is 1.97. The Labute approximate surface area is 133 Å². The number of hydrogen-bond donors (Lipinski definition) is 2. The molecule has 2 aliphatic carbocycles. The lowest BCUT2D eigenvalue weighted by molar-refractivity contribution is -0.127. The molecule has 4 nitrogen and oxygen atoms in total. The molecule has 114 valence electrons. The molecule has 2 saturated carbocycles. The van der Waals surface area contributed by atoms with Crippen LogP contribution in [0, 0.1) is 17.8 Å². The molecule has 1 aromatic rings. The van der Waals surface area contributed by atoms with Gasteiger partial charge < -0.3 is 15.8 Å². The number of carbonyl (C=O) groups is 1. The largest absolute Gasteiger partial charge is 0.492 e. The summed E-state index contributed by atoms with van der Waals surface area (Å²) < 4.78 is 6.60. The van der Waals surface area contributed by atoms with Crippen LogP contribution in [0.25, 0.3) is 0 Å². The highest BCUT2D eigenvalue weighted by Crippen LogP contribution is 2.47. The van der Waals surface area contributed by atoms with Crippen LogP contribution in [-0.4, -0.2) is 25.1 Å². The Bertz CT molecular complexity index is 521. The van der Waals surface area contributed by atoms with Gasteiger partial charge in [0.1, 0.15) is 12.4 Å². The molecule has 4 atom stereocenters. The van der Waals surface area contributed by atoms with Crippen molar-refractivity contribution in [2.75, 3.05) is 13.2 Å². The van der Waals surface area contributed by atoms with Crippen LogP contribution in [0.3, 0.4) is 0 Å². The first-order chi connectivity index (χ1) is 10.1. The SMILES string of the molecule is NC1C2CCC(C2)C1C(=O)NCCOc1cccc(Br)c1. The lowest BCUT2D eigenvalue weighted by atomic mass is 9.84. The zero-order chi connectivity index (χ0) is 14.8. The summed E-state index contributed by atoms with van der Waals surface area (Å²) >= 11 is 3.40. The Morgan fingerprint density at radius 2 is 2.19 bits per heavy atom. The van der Waals surface area contributed by atoms with Crippen LogP contribution in [0.5, 0.6) is 5.75 Å². The zero-order valence-corrected chi connectivity index (χ0v) is 13.5. The molecule has 0 radical (unpaired) electrons. The second kappa shape index (κ2) is 6.36. The van der Waals surface area contributed by atoms with Gasteiger partial charge in [-0.05, 0) is 49.3 Å². The Morgan fingerprint density at radius 1 is 1.38 bits per heavy atom. The minimum Gasteiger partial charge on any atom is -0.492 e. The molecule has 0 spiro atoms. The molecule has 3 N–H and O–H groups in total. The number of halogens is 1. The molecule has 2 fully saturated rings. The Balaban J connectivity index is 1.42. The van der Waals surface area contributed by atoms with E-state index in [2.05, 4.69) is 21.2 Å². The topological polar surface area (TPSA) is 64.4 Å². The third kappa shape index (κ3) is 3.24. The van der Waals surface area contributed by atoms with Crippen molar-refractivity contribution in [2.45, 2.75) is 25.3 Å². The van der Waals surface area contributed by atoms with E-state index < -0.39 is 0 Å². The number of rotatable bonds is 5. The maximum Gasteiger partial charge on any atom is 0.225 e. The fraction of sp³-hybridized carbons (Fsp3) is 0.562. The molecule has 2 aliphatic rings. The van der Waals surface area contributed by atoms with Crippen molar-refractivity contribution in [1.29, 1.82) is 0 Å². The van der Waals surface area contributed by atoms with Crippen molar-refractivity contribution in [2.24, 2.45) is 23.5 Å². The van der Waals surface area contributed by atoms with E-state index in [1.807, 2.05) is 24.3 Å². The molecule has 0 aliphatic heterocycles. The molecular formula is C16H21BrN2O2. The first kappa shape index (κ1) is 14.9. The van der Waals surface area contributed by atoms with E-state index in [1.165, 1.54) is 6.42 Å². The van der Waals surface area contributed by atoms with Crippen molar-refractivity contribution in [3.05, 3.63) is 28.7 Å². The van der Waals surface area contributed by atoms with Gasteiger partial charge in [0.2, 0.25) is 5.91 Å². The third-order valence-corrected chi connectivity index (χ3v) is 5.24. The van der Waals surface area contributed by atoms with Gasteiger partial charge in [0.25, 0.3) is 0 Å². The van der Waals surface area contributed by atoms with Crippen LogP contribution in [0.1, 0.15) is 19.3 Å². The molecule has 1 amide bonds. The van der Waals surface area contributed by atoms with Gasteiger partial charge in [0.15, 0.2) is 0 Å². The number of nitrogens with one attached hydrogen (secondary N) is 1. The van der Waals surface area contributed by atoms with Crippen LogP contribution >= 0.6 is 15.9 Å². The van der Waals surface area contributed by atoms with Gasteiger partial charge in [-0.3, -0.25) is 4.79 Å². The molecular weight excluding hydrogens is 332 g/mol. The van der Waals surface area contributed by atoms with Gasteiger partial charge in [-0.1, -0.05) is 22.0 Å². The molecule has 1 aromatic carbocycles. The number of carbonyl (C=O) groups excluding carboxylic acids is 1. The predicted octanol–water partition coefficient (Wildman–Crippen LogP) is 2.32. The maximum atomic E-state index is 12.3. The number of ether oxygens (including phenoxy) is 1. The highest BCUT2D eigenvalue weighted by Gasteiger charge is 2.48.